The number of amides is 2. The standard InChI is InChI=1S/C32H41N3O4S/c1-6-19-33-32(37)30(21-26-12-8-7-9-13-26)34(22-27-14-10-11-25(4)20-27)31(36)23-35(40(5,38)39)29-17-15-28(16-18-29)24(2)3/h7-18,20,24,30H,6,19,21-23H2,1-5H3,(H,33,37)/t30-/m1/s1. The zero-order valence-electron chi connectivity index (χ0n) is 24.1. The summed E-state index contributed by atoms with van der Waals surface area (Å²) in [6, 6.07) is 23.7. The van der Waals surface area contributed by atoms with E-state index in [1.54, 1.807) is 12.1 Å². The van der Waals surface area contributed by atoms with E-state index in [1.165, 1.54) is 4.90 Å². The zero-order chi connectivity index (χ0) is 29.3. The van der Waals surface area contributed by atoms with Crippen LogP contribution in [0, 0.1) is 6.92 Å². The first kappa shape index (κ1) is 30.9. The van der Waals surface area contributed by atoms with Crippen LogP contribution in [0.2, 0.25) is 0 Å². The fourth-order valence-electron chi connectivity index (χ4n) is 4.57. The lowest BCUT2D eigenvalue weighted by Gasteiger charge is -2.33. The molecule has 214 valence electrons. The van der Waals surface area contributed by atoms with Crippen molar-refractivity contribution in [1.29, 1.82) is 0 Å². The maximum Gasteiger partial charge on any atom is 0.244 e. The minimum absolute atomic E-state index is 0.168. The van der Waals surface area contributed by atoms with Gasteiger partial charge >= 0.3 is 0 Å². The fraction of sp³-hybridized carbons (Fsp3) is 0.375. The van der Waals surface area contributed by atoms with Crippen molar-refractivity contribution in [2.45, 2.75) is 59.0 Å². The molecule has 0 aromatic heterocycles. The first-order chi connectivity index (χ1) is 19.0. The van der Waals surface area contributed by atoms with Gasteiger partial charge < -0.3 is 10.2 Å². The Morgan fingerprint density at radius 3 is 2.12 bits per heavy atom. The first-order valence-corrected chi connectivity index (χ1v) is 15.6. The van der Waals surface area contributed by atoms with E-state index in [2.05, 4.69) is 19.2 Å². The van der Waals surface area contributed by atoms with Crippen molar-refractivity contribution in [2.24, 2.45) is 0 Å². The van der Waals surface area contributed by atoms with E-state index in [1.807, 2.05) is 80.6 Å². The highest BCUT2D eigenvalue weighted by atomic mass is 32.2. The molecule has 0 heterocycles. The number of carbonyl (C=O) groups is 2. The van der Waals surface area contributed by atoms with Crippen molar-refractivity contribution in [3.8, 4) is 0 Å². The lowest BCUT2D eigenvalue weighted by molar-refractivity contribution is -0.140. The number of aryl methyl sites for hydroxylation is 1. The maximum absolute atomic E-state index is 14.1. The van der Waals surface area contributed by atoms with Crippen LogP contribution in [0.15, 0.2) is 78.9 Å². The van der Waals surface area contributed by atoms with Crippen molar-refractivity contribution in [3.63, 3.8) is 0 Å². The van der Waals surface area contributed by atoms with E-state index in [9.17, 15) is 18.0 Å². The molecule has 1 atom stereocenters. The Kier molecular flexibility index (Phi) is 10.9. The van der Waals surface area contributed by atoms with Crippen molar-refractivity contribution < 1.29 is 18.0 Å². The molecule has 0 aliphatic heterocycles. The van der Waals surface area contributed by atoms with E-state index < -0.39 is 28.5 Å². The van der Waals surface area contributed by atoms with Crippen LogP contribution < -0.4 is 9.62 Å². The van der Waals surface area contributed by atoms with Gasteiger partial charge in [0.05, 0.1) is 11.9 Å². The van der Waals surface area contributed by atoms with Crippen molar-refractivity contribution in [3.05, 3.63) is 101 Å². The Labute approximate surface area is 239 Å². The van der Waals surface area contributed by atoms with Crippen molar-refractivity contribution in [1.82, 2.24) is 10.2 Å². The number of carbonyl (C=O) groups excluding carboxylic acids is 2. The number of rotatable bonds is 13. The molecule has 1 N–H and O–H groups in total. The summed E-state index contributed by atoms with van der Waals surface area (Å²) < 4.78 is 27.0. The van der Waals surface area contributed by atoms with E-state index in [4.69, 9.17) is 0 Å². The second-order valence-corrected chi connectivity index (χ2v) is 12.4. The lowest BCUT2D eigenvalue weighted by Crippen LogP contribution is -2.53. The van der Waals surface area contributed by atoms with Gasteiger partial charge in [-0.3, -0.25) is 13.9 Å². The quantitative estimate of drug-likeness (QED) is 0.315. The summed E-state index contributed by atoms with van der Waals surface area (Å²) in [6.45, 7) is 8.29. The molecule has 0 fully saturated rings. The third-order valence-corrected chi connectivity index (χ3v) is 7.92. The summed E-state index contributed by atoms with van der Waals surface area (Å²) in [5.41, 5.74) is 4.28. The molecule has 0 saturated heterocycles. The largest absolute Gasteiger partial charge is 0.354 e. The van der Waals surface area contributed by atoms with Gasteiger partial charge in [-0.2, -0.15) is 0 Å². The third-order valence-electron chi connectivity index (χ3n) is 6.78. The third kappa shape index (κ3) is 8.68. The van der Waals surface area contributed by atoms with Gasteiger partial charge in [-0.05, 0) is 48.1 Å². The first-order valence-electron chi connectivity index (χ1n) is 13.7. The molecule has 2 amide bonds. The van der Waals surface area contributed by atoms with E-state index in [-0.39, 0.29) is 18.4 Å². The van der Waals surface area contributed by atoms with E-state index in [0.29, 0.717) is 18.7 Å². The maximum atomic E-state index is 14.1. The summed E-state index contributed by atoms with van der Waals surface area (Å²) >= 11 is 0. The second-order valence-electron chi connectivity index (χ2n) is 10.5. The summed E-state index contributed by atoms with van der Waals surface area (Å²) in [7, 11) is -3.79. The number of benzene rings is 3. The molecule has 7 nitrogen and oxygen atoms in total. The predicted molar refractivity (Wildman–Crippen MR) is 162 cm³/mol. The van der Waals surface area contributed by atoms with Gasteiger partial charge in [-0.15, -0.1) is 0 Å². The Balaban J connectivity index is 2.03. The number of anilines is 1. The second kappa shape index (κ2) is 14.1. The summed E-state index contributed by atoms with van der Waals surface area (Å²) in [4.78, 5) is 29.1. The van der Waals surface area contributed by atoms with Gasteiger partial charge in [0.1, 0.15) is 12.6 Å². The molecule has 0 bridgehead atoms. The summed E-state index contributed by atoms with van der Waals surface area (Å²) in [5, 5.41) is 2.95. The highest BCUT2D eigenvalue weighted by Crippen LogP contribution is 2.23. The van der Waals surface area contributed by atoms with Crippen LogP contribution in [0.25, 0.3) is 0 Å². The molecule has 0 aliphatic rings. The Morgan fingerprint density at radius 1 is 0.900 bits per heavy atom. The molecule has 0 aliphatic carbocycles. The number of nitrogens with zero attached hydrogens (tertiary/aromatic N) is 2. The monoisotopic (exact) mass is 563 g/mol. The molecular formula is C32H41N3O4S. The van der Waals surface area contributed by atoms with Gasteiger partial charge in [0.25, 0.3) is 0 Å². The van der Waals surface area contributed by atoms with Crippen molar-refractivity contribution >= 4 is 27.5 Å². The van der Waals surface area contributed by atoms with Crippen LogP contribution in [0.1, 0.15) is 55.4 Å². The lowest BCUT2D eigenvalue weighted by atomic mass is 10.0. The van der Waals surface area contributed by atoms with Crippen LogP contribution in [0.4, 0.5) is 5.69 Å². The molecule has 0 saturated carbocycles. The normalized spacial score (nSPS) is 12.2. The van der Waals surface area contributed by atoms with Crippen LogP contribution in [0.3, 0.4) is 0 Å². The van der Waals surface area contributed by atoms with Crippen LogP contribution in [-0.4, -0.2) is 50.5 Å². The van der Waals surface area contributed by atoms with Crippen molar-refractivity contribution in [2.75, 3.05) is 23.7 Å². The molecular weight excluding hydrogens is 522 g/mol. The van der Waals surface area contributed by atoms with E-state index in [0.717, 1.165) is 39.2 Å². The fourth-order valence-corrected chi connectivity index (χ4v) is 5.42. The SMILES string of the molecule is CCCNC(=O)[C@@H](Cc1ccccc1)N(Cc1cccc(C)c1)C(=O)CN(c1ccc(C(C)C)cc1)S(C)(=O)=O. The summed E-state index contributed by atoms with van der Waals surface area (Å²) in [6.07, 6.45) is 2.15. The predicted octanol–water partition coefficient (Wildman–Crippen LogP) is 5.05. The summed E-state index contributed by atoms with van der Waals surface area (Å²) in [5.74, 6) is -0.432. The molecule has 3 aromatic carbocycles. The van der Waals surface area contributed by atoms with Gasteiger partial charge in [-0.1, -0.05) is 93.1 Å². The highest BCUT2D eigenvalue weighted by Gasteiger charge is 2.33. The molecule has 3 rings (SSSR count). The average Bonchev–Trinajstić information content (AvgIpc) is 2.92. The highest BCUT2D eigenvalue weighted by molar-refractivity contribution is 7.92. The van der Waals surface area contributed by atoms with E-state index >= 15 is 0 Å². The molecule has 3 aromatic rings. The molecule has 8 heteroatoms. The molecule has 0 unspecified atom stereocenters. The molecule has 40 heavy (non-hydrogen) atoms. The Morgan fingerprint density at radius 2 is 1.55 bits per heavy atom. The minimum atomic E-state index is -3.79. The number of hydrogen-bond acceptors (Lipinski definition) is 4. The van der Waals surface area contributed by atoms with Crippen LogP contribution in [0.5, 0.6) is 0 Å². The smallest absolute Gasteiger partial charge is 0.244 e. The topological polar surface area (TPSA) is 86.8 Å². The van der Waals surface area contributed by atoms with Gasteiger partial charge in [0, 0.05) is 19.5 Å². The Hall–Kier alpha value is -3.65. The van der Waals surface area contributed by atoms with Gasteiger partial charge in [-0.25, -0.2) is 8.42 Å². The van der Waals surface area contributed by atoms with Crippen LogP contribution in [-0.2, 0) is 32.6 Å². The Bertz CT molecular complexity index is 1370. The van der Waals surface area contributed by atoms with Gasteiger partial charge in [0.15, 0.2) is 0 Å². The molecule has 0 spiro atoms. The minimum Gasteiger partial charge on any atom is -0.354 e. The number of nitrogens with one attached hydrogen (secondary N) is 1. The van der Waals surface area contributed by atoms with Gasteiger partial charge in [0.2, 0.25) is 21.8 Å². The van der Waals surface area contributed by atoms with Crippen LogP contribution >= 0.6 is 0 Å². The average molecular weight is 564 g/mol. The molecule has 0 radical (unpaired) electrons. The number of hydrogen-bond donors (Lipinski definition) is 1. The zero-order valence-corrected chi connectivity index (χ0v) is 24.9. The number of sulfonamides is 1.